The van der Waals surface area contributed by atoms with Gasteiger partial charge < -0.3 is 5.32 Å². The van der Waals surface area contributed by atoms with Crippen LogP contribution in [0.2, 0.25) is 0 Å². The zero-order valence-electron chi connectivity index (χ0n) is 10.5. The SMILES string of the molecule is CCc1ccc(CNCC2(C#N)CCC2)cc1. The van der Waals surface area contributed by atoms with Gasteiger partial charge in [0.25, 0.3) is 0 Å². The maximum atomic E-state index is 9.11. The minimum Gasteiger partial charge on any atom is -0.311 e. The monoisotopic (exact) mass is 228 g/mol. The van der Waals surface area contributed by atoms with Crippen LogP contribution in [0.25, 0.3) is 0 Å². The Kier molecular flexibility index (Phi) is 3.81. The Morgan fingerprint density at radius 1 is 1.24 bits per heavy atom. The van der Waals surface area contributed by atoms with Gasteiger partial charge in [-0.25, -0.2) is 0 Å². The molecule has 0 atom stereocenters. The molecule has 1 aliphatic carbocycles. The van der Waals surface area contributed by atoms with Crippen LogP contribution in [0.4, 0.5) is 0 Å². The highest BCUT2D eigenvalue weighted by Gasteiger charge is 2.36. The minimum absolute atomic E-state index is 0.0661. The molecule has 0 aliphatic heterocycles. The van der Waals surface area contributed by atoms with Crippen molar-refractivity contribution in [2.24, 2.45) is 5.41 Å². The Labute approximate surface area is 104 Å². The number of rotatable bonds is 5. The van der Waals surface area contributed by atoms with E-state index in [9.17, 15) is 0 Å². The van der Waals surface area contributed by atoms with Gasteiger partial charge in [-0.2, -0.15) is 5.26 Å². The van der Waals surface area contributed by atoms with Gasteiger partial charge in [0.2, 0.25) is 0 Å². The van der Waals surface area contributed by atoms with E-state index in [4.69, 9.17) is 5.26 Å². The molecule has 0 aromatic heterocycles. The van der Waals surface area contributed by atoms with Gasteiger partial charge in [-0.15, -0.1) is 0 Å². The molecule has 1 saturated carbocycles. The van der Waals surface area contributed by atoms with Gasteiger partial charge in [0, 0.05) is 13.1 Å². The van der Waals surface area contributed by atoms with E-state index in [1.807, 2.05) is 0 Å². The molecule has 0 radical (unpaired) electrons. The average Bonchev–Trinajstić information content (AvgIpc) is 2.33. The Balaban J connectivity index is 1.80. The van der Waals surface area contributed by atoms with Crippen LogP contribution in [0, 0.1) is 16.7 Å². The quantitative estimate of drug-likeness (QED) is 0.840. The lowest BCUT2D eigenvalue weighted by Crippen LogP contribution is -2.38. The lowest BCUT2D eigenvalue weighted by Gasteiger charge is -2.35. The summed E-state index contributed by atoms with van der Waals surface area (Å²) in [5.74, 6) is 0. The molecule has 1 fully saturated rings. The highest BCUT2D eigenvalue weighted by atomic mass is 14.9. The first-order chi connectivity index (χ1) is 8.28. The molecule has 2 rings (SSSR count). The number of hydrogen-bond acceptors (Lipinski definition) is 2. The van der Waals surface area contributed by atoms with Crippen LogP contribution in [0.3, 0.4) is 0 Å². The third-order valence-corrected chi connectivity index (χ3v) is 3.77. The van der Waals surface area contributed by atoms with E-state index in [0.29, 0.717) is 0 Å². The van der Waals surface area contributed by atoms with E-state index in [0.717, 1.165) is 32.4 Å². The normalized spacial score (nSPS) is 17.2. The number of nitrogens with one attached hydrogen (secondary N) is 1. The van der Waals surface area contributed by atoms with E-state index in [1.165, 1.54) is 17.5 Å². The summed E-state index contributed by atoms with van der Waals surface area (Å²) in [7, 11) is 0. The van der Waals surface area contributed by atoms with Crippen molar-refractivity contribution >= 4 is 0 Å². The van der Waals surface area contributed by atoms with Crippen molar-refractivity contribution in [2.75, 3.05) is 6.54 Å². The first-order valence-electron chi connectivity index (χ1n) is 6.48. The molecule has 17 heavy (non-hydrogen) atoms. The molecule has 0 bridgehead atoms. The minimum atomic E-state index is -0.0661. The van der Waals surface area contributed by atoms with Crippen molar-refractivity contribution in [3.63, 3.8) is 0 Å². The molecule has 0 unspecified atom stereocenters. The van der Waals surface area contributed by atoms with Gasteiger partial charge >= 0.3 is 0 Å². The second kappa shape index (κ2) is 5.33. The van der Waals surface area contributed by atoms with Gasteiger partial charge in [-0.3, -0.25) is 0 Å². The topological polar surface area (TPSA) is 35.8 Å². The van der Waals surface area contributed by atoms with Crippen LogP contribution >= 0.6 is 0 Å². The Morgan fingerprint density at radius 2 is 1.88 bits per heavy atom. The molecule has 0 spiro atoms. The van der Waals surface area contributed by atoms with Crippen molar-refractivity contribution in [3.05, 3.63) is 35.4 Å². The second-order valence-corrected chi connectivity index (χ2v) is 5.02. The molecule has 0 saturated heterocycles. The van der Waals surface area contributed by atoms with Crippen LogP contribution in [-0.2, 0) is 13.0 Å². The molecular weight excluding hydrogens is 208 g/mol. The molecule has 2 heteroatoms. The molecule has 90 valence electrons. The van der Waals surface area contributed by atoms with Gasteiger partial charge in [0.05, 0.1) is 11.5 Å². The number of nitrogens with zero attached hydrogens (tertiary/aromatic N) is 1. The number of hydrogen-bond donors (Lipinski definition) is 1. The zero-order valence-corrected chi connectivity index (χ0v) is 10.5. The summed E-state index contributed by atoms with van der Waals surface area (Å²) in [5.41, 5.74) is 2.61. The number of nitriles is 1. The third kappa shape index (κ3) is 2.87. The van der Waals surface area contributed by atoms with Gasteiger partial charge in [-0.1, -0.05) is 37.6 Å². The molecule has 1 aliphatic rings. The fourth-order valence-corrected chi connectivity index (χ4v) is 2.27. The van der Waals surface area contributed by atoms with Crippen LogP contribution in [0.1, 0.15) is 37.3 Å². The molecule has 0 heterocycles. The molecule has 1 aromatic carbocycles. The van der Waals surface area contributed by atoms with Gasteiger partial charge in [0.15, 0.2) is 0 Å². The highest BCUT2D eigenvalue weighted by molar-refractivity contribution is 5.22. The predicted octanol–water partition coefficient (Wildman–Crippen LogP) is 3.03. The van der Waals surface area contributed by atoms with Crippen molar-refractivity contribution < 1.29 is 0 Å². The lowest BCUT2D eigenvalue weighted by atomic mass is 9.70. The van der Waals surface area contributed by atoms with E-state index in [-0.39, 0.29) is 5.41 Å². The largest absolute Gasteiger partial charge is 0.311 e. The van der Waals surface area contributed by atoms with E-state index >= 15 is 0 Å². The maximum absolute atomic E-state index is 9.11. The van der Waals surface area contributed by atoms with Crippen molar-refractivity contribution in [2.45, 2.75) is 39.2 Å². The van der Waals surface area contributed by atoms with Crippen LogP contribution in [0.5, 0.6) is 0 Å². The molecular formula is C15H20N2. The average molecular weight is 228 g/mol. The summed E-state index contributed by atoms with van der Waals surface area (Å²) in [6.45, 7) is 3.87. The maximum Gasteiger partial charge on any atom is 0.0703 e. The van der Waals surface area contributed by atoms with E-state index in [2.05, 4.69) is 42.6 Å². The second-order valence-electron chi connectivity index (χ2n) is 5.02. The lowest BCUT2D eigenvalue weighted by molar-refractivity contribution is 0.206. The van der Waals surface area contributed by atoms with E-state index in [1.54, 1.807) is 0 Å². The summed E-state index contributed by atoms with van der Waals surface area (Å²) in [4.78, 5) is 0. The fraction of sp³-hybridized carbons (Fsp3) is 0.533. The standard InChI is InChI=1S/C15H20N2/c1-2-13-4-6-14(7-5-13)10-17-12-15(11-16)8-3-9-15/h4-7,17H,2-3,8-10,12H2,1H3. The summed E-state index contributed by atoms with van der Waals surface area (Å²) in [6, 6.07) is 11.2. The molecule has 1 aromatic rings. The van der Waals surface area contributed by atoms with Crippen molar-refractivity contribution in [1.29, 1.82) is 5.26 Å². The Hall–Kier alpha value is -1.33. The van der Waals surface area contributed by atoms with Crippen LogP contribution in [0.15, 0.2) is 24.3 Å². The predicted molar refractivity (Wildman–Crippen MR) is 69.4 cm³/mol. The van der Waals surface area contributed by atoms with Crippen LogP contribution < -0.4 is 5.32 Å². The zero-order chi connectivity index (χ0) is 12.1. The van der Waals surface area contributed by atoms with Gasteiger partial charge in [-0.05, 0) is 30.4 Å². The molecule has 1 N–H and O–H groups in total. The first kappa shape index (κ1) is 12.1. The molecule has 2 nitrogen and oxygen atoms in total. The Morgan fingerprint density at radius 3 is 2.35 bits per heavy atom. The third-order valence-electron chi connectivity index (χ3n) is 3.77. The number of benzene rings is 1. The summed E-state index contributed by atoms with van der Waals surface area (Å²) >= 11 is 0. The summed E-state index contributed by atoms with van der Waals surface area (Å²) in [6.07, 6.45) is 4.42. The van der Waals surface area contributed by atoms with E-state index < -0.39 is 0 Å². The fourth-order valence-electron chi connectivity index (χ4n) is 2.27. The summed E-state index contributed by atoms with van der Waals surface area (Å²) < 4.78 is 0. The van der Waals surface area contributed by atoms with Crippen LogP contribution in [-0.4, -0.2) is 6.54 Å². The number of aryl methyl sites for hydroxylation is 1. The first-order valence-corrected chi connectivity index (χ1v) is 6.48. The van der Waals surface area contributed by atoms with Gasteiger partial charge in [0.1, 0.15) is 0 Å². The van der Waals surface area contributed by atoms with Crippen molar-refractivity contribution in [3.8, 4) is 6.07 Å². The highest BCUT2D eigenvalue weighted by Crippen LogP contribution is 2.39. The molecule has 0 amide bonds. The van der Waals surface area contributed by atoms with Crippen molar-refractivity contribution in [1.82, 2.24) is 5.32 Å². The summed E-state index contributed by atoms with van der Waals surface area (Å²) in [5, 5.41) is 12.5. The smallest absolute Gasteiger partial charge is 0.0703 e. The Bertz CT molecular complexity index is 396.